The third kappa shape index (κ3) is 61.7. The first-order valence-electron chi connectivity index (χ1n) is 31.8. The number of likely N-dealkylation sites (N-methyl/N-ethyl adjacent to an activating group) is 1. The number of aliphatic hydroxyl groups excluding tert-OH is 1. The first kappa shape index (κ1) is 76.1. The Morgan fingerprint density at radius 2 is 0.762 bits per heavy atom. The Hall–Kier alpha value is -3.88. The molecule has 2 N–H and O–H groups in total. The average Bonchev–Trinajstić information content (AvgIpc) is 3.42. The molecule has 80 heavy (non-hydrogen) atoms. The number of phosphoric ester groups is 1. The van der Waals surface area contributed by atoms with E-state index in [0.717, 1.165) is 109 Å². The van der Waals surface area contributed by atoms with Gasteiger partial charge in [0.15, 0.2) is 0 Å². The van der Waals surface area contributed by atoms with Gasteiger partial charge in [-0.2, -0.15) is 0 Å². The lowest BCUT2D eigenvalue weighted by Crippen LogP contribution is -2.45. The molecule has 0 fully saturated rings. The molecule has 3 unspecified atom stereocenters. The van der Waals surface area contributed by atoms with Gasteiger partial charge in [0.1, 0.15) is 13.2 Å². The van der Waals surface area contributed by atoms with Crippen molar-refractivity contribution in [3.8, 4) is 0 Å². The fraction of sp³-hybridized carbons (Fsp3) is 0.620. The Bertz CT molecular complexity index is 1860. The maximum Gasteiger partial charge on any atom is 0.268 e. The molecule has 0 bridgehead atoms. The highest BCUT2D eigenvalue weighted by atomic mass is 31.2. The zero-order valence-electron chi connectivity index (χ0n) is 51.7. The molecule has 9 heteroatoms. The Morgan fingerprint density at radius 1 is 0.450 bits per heavy atom. The predicted octanol–water partition coefficient (Wildman–Crippen LogP) is 19.6. The quantitative estimate of drug-likeness (QED) is 0.0272. The minimum Gasteiger partial charge on any atom is -0.756 e. The standard InChI is InChI=1S/C71H119N2O6P/c1-6-8-10-12-14-16-18-20-22-24-26-27-28-29-30-31-32-33-34-35-36-37-38-39-40-41-42-43-44-45-47-49-51-53-55-57-59-61-63-65-71(75)72-69(68-79-80(76,77)78-67-66-73(3,4)5)70(74)64-62-60-58-56-54-52-50-48-46-25-23-21-19-17-15-13-11-9-7-2/h8,10,14,16,20,22,26-27,29-30,32-33,35-36,38-39,41-42,44-45,49,51,55,57,62,64,69-70,74H,6-7,9,11-13,15,17-19,21,23-25,28,31,34,37,40,43,46-48,50,52-54,56,58-61,63,65-68H2,1-5H3,(H-,72,75,76,77)/b10-8-,16-14-,22-20-,27-26-,30-29-,33-32-,36-35-,39-38-,42-41-,45-44-,51-49-,57-55-,64-62+. The van der Waals surface area contributed by atoms with Crippen molar-refractivity contribution in [3.63, 3.8) is 0 Å². The van der Waals surface area contributed by atoms with Crippen LogP contribution in [-0.2, 0) is 18.4 Å². The number of nitrogens with one attached hydrogen (secondary N) is 1. The zero-order chi connectivity index (χ0) is 58.4. The van der Waals surface area contributed by atoms with Crippen molar-refractivity contribution in [1.82, 2.24) is 5.32 Å². The van der Waals surface area contributed by atoms with E-state index in [0.29, 0.717) is 17.4 Å². The average molecular weight is 1130 g/mol. The van der Waals surface area contributed by atoms with Crippen LogP contribution in [0.4, 0.5) is 0 Å². The van der Waals surface area contributed by atoms with Crippen LogP contribution in [-0.4, -0.2) is 68.5 Å². The van der Waals surface area contributed by atoms with Crippen LogP contribution in [0.3, 0.4) is 0 Å². The lowest BCUT2D eigenvalue weighted by molar-refractivity contribution is -0.870. The number of nitrogens with zero attached hydrogens (tertiary/aromatic N) is 1. The summed E-state index contributed by atoms with van der Waals surface area (Å²) in [6.45, 7) is 4.49. The number of phosphoric acid groups is 1. The molecule has 0 radical (unpaired) electrons. The second kappa shape index (κ2) is 59.7. The van der Waals surface area contributed by atoms with Gasteiger partial charge in [-0.25, -0.2) is 0 Å². The van der Waals surface area contributed by atoms with E-state index < -0.39 is 26.6 Å². The maximum atomic E-state index is 13.0. The molecule has 0 saturated heterocycles. The monoisotopic (exact) mass is 1130 g/mol. The lowest BCUT2D eigenvalue weighted by Gasteiger charge is -2.29. The molecule has 0 heterocycles. The van der Waals surface area contributed by atoms with Gasteiger partial charge >= 0.3 is 0 Å². The maximum absolute atomic E-state index is 13.0. The number of rotatable bonds is 56. The molecule has 0 aromatic heterocycles. The van der Waals surface area contributed by atoms with E-state index in [-0.39, 0.29) is 18.9 Å². The van der Waals surface area contributed by atoms with Crippen LogP contribution >= 0.6 is 7.82 Å². The number of aliphatic hydroxyl groups is 1. The Kier molecular flexibility index (Phi) is 56.8. The minimum absolute atomic E-state index is 0.0179. The Balaban J connectivity index is 4.28. The number of hydrogen-bond acceptors (Lipinski definition) is 6. The molecule has 0 rings (SSSR count). The Morgan fingerprint density at radius 3 is 1.11 bits per heavy atom. The van der Waals surface area contributed by atoms with E-state index in [1.807, 2.05) is 27.2 Å². The predicted molar refractivity (Wildman–Crippen MR) is 347 cm³/mol. The summed E-state index contributed by atoms with van der Waals surface area (Å²) in [6, 6.07) is -0.923. The molecule has 0 spiro atoms. The first-order valence-corrected chi connectivity index (χ1v) is 33.3. The number of carbonyl (C=O) groups is 1. The molecule has 454 valence electrons. The smallest absolute Gasteiger partial charge is 0.268 e. The van der Waals surface area contributed by atoms with E-state index in [9.17, 15) is 19.4 Å². The van der Waals surface area contributed by atoms with Crippen LogP contribution in [0.25, 0.3) is 0 Å². The molecule has 3 atom stereocenters. The molecule has 0 aromatic carbocycles. The molecule has 1 amide bonds. The van der Waals surface area contributed by atoms with Gasteiger partial charge in [-0.3, -0.25) is 9.36 Å². The van der Waals surface area contributed by atoms with Crippen molar-refractivity contribution in [2.45, 2.75) is 244 Å². The topological polar surface area (TPSA) is 108 Å². The molecule has 0 aliphatic carbocycles. The molecule has 8 nitrogen and oxygen atoms in total. The van der Waals surface area contributed by atoms with E-state index in [4.69, 9.17) is 9.05 Å². The van der Waals surface area contributed by atoms with Gasteiger partial charge in [-0.15, -0.1) is 0 Å². The summed E-state index contributed by atoms with van der Waals surface area (Å²) in [6.07, 6.45) is 93.4. The summed E-state index contributed by atoms with van der Waals surface area (Å²) in [4.78, 5) is 25.5. The zero-order valence-corrected chi connectivity index (χ0v) is 52.6. The van der Waals surface area contributed by atoms with Gasteiger partial charge in [0.25, 0.3) is 7.82 Å². The number of hydrogen-bond donors (Lipinski definition) is 2. The second-order valence-electron chi connectivity index (χ2n) is 22.0. The largest absolute Gasteiger partial charge is 0.756 e. The lowest BCUT2D eigenvalue weighted by atomic mass is 10.0. The number of unbranched alkanes of at least 4 members (excludes halogenated alkanes) is 19. The van der Waals surface area contributed by atoms with Crippen molar-refractivity contribution in [1.29, 1.82) is 0 Å². The highest BCUT2D eigenvalue weighted by molar-refractivity contribution is 7.45. The summed E-state index contributed by atoms with van der Waals surface area (Å²) >= 11 is 0. The molecule has 0 aliphatic heterocycles. The second-order valence-corrected chi connectivity index (χ2v) is 23.4. The Labute approximate surface area is 492 Å². The van der Waals surface area contributed by atoms with Gasteiger partial charge in [0, 0.05) is 6.42 Å². The van der Waals surface area contributed by atoms with Crippen LogP contribution in [0.1, 0.15) is 232 Å². The summed E-state index contributed by atoms with van der Waals surface area (Å²) in [5, 5.41) is 13.9. The van der Waals surface area contributed by atoms with Crippen molar-refractivity contribution >= 4 is 13.7 Å². The molecule has 0 saturated carbocycles. The number of allylic oxidation sites excluding steroid dienone is 25. The summed E-state index contributed by atoms with van der Waals surface area (Å²) in [5.41, 5.74) is 0. The SMILES string of the molecule is CC/C=C\C/C=C\C/C=C\C/C=C\C/C=C\C/C=C\C/C=C\C/C=C\C/C=C\C/C=C\C/C=C\C/C=C\CCCCC(=O)NC(COP(=O)([O-])OCC[N+](C)(C)C)C(O)/C=C/CCCCCCCCCCCCCCCCCCC. The fourth-order valence-corrected chi connectivity index (χ4v) is 9.03. The molecular formula is C71H119N2O6P. The fourth-order valence-electron chi connectivity index (χ4n) is 8.31. The van der Waals surface area contributed by atoms with Crippen molar-refractivity contribution in [2.24, 2.45) is 0 Å². The van der Waals surface area contributed by atoms with Gasteiger partial charge < -0.3 is 28.8 Å². The van der Waals surface area contributed by atoms with Crippen molar-refractivity contribution in [3.05, 3.63) is 158 Å². The number of amides is 1. The molecule has 0 aromatic rings. The summed E-state index contributed by atoms with van der Waals surface area (Å²) in [7, 11) is 1.21. The molecule has 0 aliphatic rings. The van der Waals surface area contributed by atoms with Gasteiger partial charge in [-0.05, 0) is 109 Å². The molecular weight excluding hydrogens is 1010 g/mol. The number of quaternary nitrogens is 1. The van der Waals surface area contributed by atoms with Crippen LogP contribution in [0, 0.1) is 0 Å². The van der Waals surface area contributed by atoms with E-state index in [2.05, 4.69) is 165 Å². The third-order valence-electron chi connectivity index (χ3n) is 13.2. The van der Waals surface area contributed by atoms with Crippen molar-refractivity contribution in [2.75, 3.05) is 40.9 Å². The van der Waals surface area contributed by atoms with Crippen LogP contribution < -0.4 is 10.2 Å². The van der Waals surface area contributed by atoms with Crippen LogP contribution in [0.2, 0.25) is 0 Å². The number of carbonyl (C=O) groups excluding carboxylic acids is 1. The van der Waals surface area contributed by atoms with E-state index >= 15 is 0 Å². The van der Waals surface area contributed by atoms with Gasteiger partial charge in [-0.1, -0.05) is 275 Å². The summed E-state index contributed by atoms with van der Waals surface area (Å²) in [5.74, 6) is -0.245. The first-order chi connectivity index (χ1) is 39.0. The van der Waals surface area contributed by atoms with Gasteiger partial charge in [0.05, 0.1) is 39.9 Å². The highest BCUT2D eigenvalue weighted by Crippen LogP contribution is 2.38. The van der Waals surface area contributed by atoms with Crippen molar-refractivity contribution < 1.29 is 32.9 Å². The highest BCUT2D eigenvalue weighted by Gasteiger charge is 2.23. The van der Waals surface area contributed by atoms with E-state index in [1.54, 1.807) is 6.08 Å². The third-order valence-corrected chi connectivity index (χ3v) is 14.2. The van der Waals surface area contributed by atoms with Crippen LogP contribution in [0.15, 0.2) is 158 Å². The van der Waals surface area contributed by atoms with Gasteiger partial charge in [0.2, 0.25) is 5.91 Å². The summed E-state index contributed by atoms with van der Waals surface area (Å²) < 4.78 is 23.3. The minimum atomic E-state index is -4.62. The van der Waals surface area contributed by atoms with E-state index in [1.165, 1.54) is 96.3 Å². The normalized spacial score (nSPS) is 14.8. The van der Waals surface area contributed by atoms with Crippen LogP contribution in [0.5, 0.6) is 0 Å².